The van der Waals surface area contributed by atoms with Gasteiger partial charge >= 0.3 is 0 Å². The van der Waals surface area contributed by atoms with Gasteiger partial charge in [0.15, 0.2) is 0 Å². The van der Waals surface area contributed by atoms with Crippen LogP contribution in [0.3, 0.4) is 0 Å². The lowest BCUT2D eigenvalue weighted by Gasteiger charge is -2.14. The van der Waals surface area contributed by atoms with Gasteiger partial charge in [-0.3, -0.25) is 4.79 Å². The maximum atomic E-state index is 11.4. The van der Waals surface area contributed by atoms with E-state index < -0.39 is 0 Å². The van der Waals surface area contributed by atoms with E-state index in [9.17, 15) is 4.79 Å². The Bertz CT molecular complexity index is 181. The van der Waals surface area contributed by atoms with Crippen molar-refractivity contribution in [1.82, 2.24) is 10.6 Å². The fraction of sp³-hybridized carbons (Fsp3) is 0.900. The second kappa shape index (κ2) is 6.30. The first kappa shape index (κ1) is 11.9. The molecule has 1 heterocycles. The molecule has 2 unspecified atom stereocenters. The molecule has 1 aliphatic heterocycles. The minimum Gasteiger partial charge on any atom is -0.351 e. The fourth-order valence-corrected chi connectivity index (χ4v) is 2.49. The maximum absolute atomic E-state index is 11.4. The van der Waals surface area contributed by atoms with Crippen LogP contribution in [0.1, 0.15) is 26.7 Å². The summed E-state index contributed by atoms with van der Waals surface area (Å²) >= 11 is 1.92. The van der Waals surface area contributed by atoms with E-state index in [-0.39, 0.29) is 5.91 Å². The van der Waals surface area contributed by atoms with Gasteiger partial charge in [-0.1, -0.05) is 6.92 Å². The summed E-state index contributed by atoms with van der Waals surface area (Å²) in [5.74, 6) is 2.40. The van der Waals surface area contributed by atoms with Gasteiger partial charge in [-0.25, -0.2) is 0 Å². The van der Waals surface area contributed by atoms with E-state index in [1.165, 1.54) is 5.75 Å². The molecule has 0 aromatic carbocycles. The second-order valence-electron chi connectivity index (χ2n) is 3.82. The van der Waals surface area contributed by atoms with Crippen molar-refractivity contribution in [3.8, 4) is 0 Å². The number of hydrogen-bond acceptors (Lipinski definition) is 3. The van der Waals surface area contributed by atoms with Crippen LogP contribution < -0.4 is 10.6 Å². The Hall–Kier alpha value is -0.220. The highest BCUT2D eigenvalue weighted by molar-refractivity contribution is 7.99. The molecule has 0 saturated carbocycles. The van der Waals surface area contributed by atoms with Crippen molar-refractivity contribution in [2.45, 2.75) is 38.8 Å². The average molecular weight is 216 g/mol. The van der Waals surface area contributed by atoms with Crippen LogP contribution in [0.5, 0.6) is 0 Å². The molecule has 2 atom stereocenters. The molecule has 0 aromatic heterocycles. The normalized spacial score (nSPS) is 23.4. The zero-order valence-electron chi connectivity index (χ0n) is 9.01. The number of rotatable bonds is 5. The molecule has 0 radical (unpaired) electrons. The fourth-order valence-electron chi connectivity index (χ4n) is 1.34. The highest BCUT2D eigenvalue weighted by Crippen LogP contribution is 2.16. The Labute approximate surface area is 90.4 Å². The number of nitrogens with one attached hydrogen (secondary N) is 2. The van der Waals surface area contributed by atoms with Gasteiger partial charge in [-0.05, 0) is 25.5 Å². The summed E-state index contributed by atoms with van der Waals surface area (Å²) in [5, 5.41) is 6.22. The summed E-state index contributed by atoms with van der Waals surface area (Å²) in [6.45, 7) is 4.66. The quantitative estimate of drug-likeness (QED) is 0.720. The van der Waals surface area contributed by atoms with E-state index >= 15 is 0 Å². The lowest BCUT2D eigenvalue weighted by atomic mass is 10.2. The molecule has 1 amide bonds. The SMILES string of the molecule is CCC(C)NCC(=O)NC1CCSC1. The molecular weight excluding hydrogens is 196 g/mol. The first-order chi connectivity index (χ1) is 6.72. The largest absolute Gasteiger partial charge is 0.351 e. The predicted molar refractivity (Wildman–Crippen MR) is 61.6 cm³/mol. The molecule has 3 nitrogen and oxygen atoms in total. The molecule has 1 aliphatic rings. The molecule has 0 aromatic rings. The highest BCUT2D eigenvalue weighted by atomic mass is 32.2. The lowest BCUT2D eigenvalue weighted by Crippen LogP contribution is -2.42. The molecule has 1 fully saturated rings. The third-order valence-corrected chi connectivity index (χ3v) is 3.68. The summed E-state index contributed by atoms with van der Waals surface area (Å²) < 4.78 is 0. The van der Waals surface area contributed by atoms with E-state index in [0.29, 0.717) is 18.6 Å². The predicted octanol–water partition coefficient (Wildman–Crippen LogP) is 0.996. The van der Waals surface area contributed by atoms with Gasteiger partial charge in [-0.15, -0.1) is 0 Å². The van der Waals surface area contributed by atoms with E-state index in [1.807, 2.05) is 11.8 Å². The van der Waals surface area contributed by atoms with Crippen molar-refractivity contribution in [3.05, 3.63) is 0 Å². The van der Waals surface area contributed by atoms with Crippen LogP contribution in [-0.4, -0.2) is 36.0 Å². The van der Waals surface area contributed by atoms with E-state index in [0.717, 1.165) is 18.6 Å². The van der Waals surface area contributed by atoms with Crippen molar-refractivity contribution in [2.24, 2.45) is 0 Å². The Kier molecular flexibility index (Phi) is 5.33. The topological polar surface area (TPSA) is 41.1 Å². The summed E-state index contributed by atoms with van der Waals surface area (Å²) in [4.78, 5) is 11.4. The monoisotopic (exact) mass is 216 g/mol. The molecule has 14 heavy (non-hydrogen) atoms. The van der Waals surface area contributed by atoms with Crippen molar-refractivity contribution >= 4 is 17.7 Å². The minimum atomic E-state index is 0.137. The molecule has 0 aliphatic carbocycles. The van der Waals surface area contributed by atoms with Crippen LogP contribution in [0, 0.1) is 0 Å². The van der Waals surface area contributed by atoms with Crippen LogP contribution in [0.2, 0.25) is 0 Å². The molecule has 2 N–H and O–H groups in total. The van der Waals surface area contributed by atoms with E-state index in [4.69, 9.17) is 0 Å². The Morgan fingerprint density at radius 2 is 2.43 bits per heavy atom. The zero-order valence-corrected chi connectivity index (χ0v) is 9.82. The lowest BCUT2D eigenvalue weighted by molar-refractivity contribution is -0.120. The summed E-state index contributed by atoms with van der Waals surface area (Å²) in [5.41, 5.74) is 0. The van der Waals surface area contributed by atoms with E-state index in [1.54, 1.807) is 0 Å². The summed E-state index contributed by atoms with van der Waals surface area (Å²) in [7, 11) is 0. The van der Waals surface area contributed by atoms with Gasteiger partial charge in [0.1, 0.15) is 0 Å². The standard InChI is InChI=1S/C10H20N2OS/c1-3-8(2)11-6-10(13)12-9-4-5-14-7-9/h8-9,11H,3-7H2,1-2H3,(H,12,13). The van der Waals surface area contributed by atoms with Crippen LogP contribution in [0.4, 0.5) is 0 Å². The Morgan fingerprint density at radius 3 is 3.00 bits per heavy atom. The van der Waals surface area contributed by atoms with Gasteiger partial charge in [0.25, 0.3) is 0 Å². The zero-order chi connectivity index (χ0) is 10.4. The highest BCUT2D eigenvalue weighted by Gasteiger charge is 2.17. The van der Waals surface area contributed by atoms with Crippen molar-refractivity contribution in [1.29, 1.82) is 0 Å². The Morgan fingerprint density at radius 1 is 1.64 bits per heavy atom. The molecule has 4 heteroatoms. The first-order valence-corrected chi connectivity index (χ1v) is 6.48. The minimum absolute atomic E-state index is 0.137. The van der Waals surface area contributed by atoms with Crippen LogP contribution in [0.25, 0.3) is 0 Å². The van der Waals surface area contributed by atoms with Gasteiger partial charge in [0.05, 0.1) is 6.54 Å². The smallest absolute Gasteiger partial charge is 0.234 e. The molecule has 0 spiro atoms. The van der Waals surface area contributed by atoms with Crippen molar-refractivity contribution in [2.75, 3.05) is 18.1 Å². The Balaban J connectivity index is 2.09. The third kappa shape index (κ3) is 4.33. The number of amides is 1. The van der Waals surface area contributed by atoms with Gasteiger partial charge < -0.3 is 10.6 Å². The average Bonchev–Trinajstić information content (AvgIpc) is 2.66. The molecule has 1 saturated heterocycles. The van der Waals surface area contributed by atoms with Crippen LogP contribution in [0.15, 0.2) is 0 Å². The van der Waals surface area contributed by atoms with Gasteiger partial charge in [-0.2, -0.15) is 11.8 Å². The van der Waals surface area contributed by atoms with Gasteiger partial charge in [0, 0.05) is 17.8 Å². The summed E-state index contributed by atoms with van der Waals surface area (Å²) in [6.07, 6.45) is 2.19. The number of carbonyl (C=O) groups excluding carboxylic acids is 1. The number of carbonyl (C=O) groups is 1. The third-order valence-electron chi connectivity index (χ3n) is 2.52. The van der Waals surface area contributed by atoms with Crippen molar-refractivity contribution < 1.29 is 4.79 Å². The molecule has 82 valence electrons. The second-order valence-corrected chi connectivity index (χ2v) is 4.97. The van der Waals surface area contributed by atoms with Crippen LogP contribution in [-0.2, 0) is 4.79 Å². The first-order valence-electron chi connectivity index (χ1n) is 5.33. The van der Waals surface area contributed by atoms with Gasteiger partial charge in [0.2, 0.25) is 5.91 Å². The number of thioether (sulfide) groups is 1. The summed E-state index contributed by atoms with van der Waals surface area (Å²) in [6, 6.07) is 0.838. The number of hydrogen-bond donors (Lipinski definition) is 2. The molecular formula is C10H20N2OS. The van der Waals surface area contributed by atoms with Crippen molar-refractivity contribution in [3.63, 3.8) is 0 Å². The molecule has 0 bridgehead atoms. The maximum Gasteiger partial charge on any atom is 0.234 e. The van der Waals surface area contributed by atoms with Crippen LogP contribution >= 0.6 is 11.8 Å². The molecule has 1 rings (SSSR count). The van der Waals surface area contributed by atoms with E-state index in [2.05, 4.69) is 24.5 Å².